The molecule has 10 heteroatoms. The number of nitrogens with zero attached hydrogens (tertiary/aromatic N) is 4. The Balaban J connectivity index is 1.59. The van der Waals surface area contributed by atoms with Crippen LogP contribution in [0.3, 0.4) is 0 Å². The van der Waals surface area contributed by atoms with Crippen molar-refractivity contribution >= 4 is 26.7 Å². The van der Waals surface area contributed by atoms with E-state index in [0.717, 1.165) is 5.56 Å². The average molecular weight is 465 g/mol. The van der Waals surface area contributed by atoms with Gasteiger partial charge in [-0.1, -0.05) is 12.1 Å². The molecule has 0 saturated carbocycles. The molecule has 0 N–H and O–H groups in total. The fraction of sp³-hybridized carbons (Fsp3) is 0.333. The zero-order valence-electron chi connectivity index (χ0n) is 17.9. The van der Waals surface area contributed by atoms with Gasteiger partial charge in [0.15, 0.2) is 0 Å². The summed E-state index contributed by atoms with van der Waals surface area (Å²) in [5.41, 5.74) is 1.53. The lowest BCUT2D eigenvalue weighted by molar-refractivity contribution is 0.414. The summed E-state index contributed by atoms with van der Waals surface area (Å²) in [5, 5.41) is 0.698. The van der Waals surface area contributed by atoms with Gasteiger partial charge >= 0.3 is 0 Å². The Morgan fingerprint density at radius 1 is 1.10 bits per heavy atom. The summed E-state index contributed by atoms with van der Waals surface area (Å²) in [7, 11) is 1.33. The summed E-state index contributed by atoms with van der Waals surface area (Å²) in [4.78, 5) is 6.62. The molecule has 1 heterocycles. The van der Waals surface area contributed by atoms with Gasteiger partial charge < -0.3 is 9.64 Å². The second-order valence-corrected chi connectivity index (χ2v) is 9.95. The van der Waals surface area contributed by atoms with Crippen LogP contribution >= 0.6 is 11.5 Å². The first-order valence-electron chi connectivity index (χ1n) is 9.60. The second-order valence-electron chi connectivity index (χ2n) is 7.18. The number of rotatable bonds is 9. The molecule has 0 aliphatic rings. The van der Waals surface area contributed by atoms with E-state index in [9.17, 15) is 12.8 Å². The Bertz CT molecular complexity index is 1130. The van der Waals surface area contributed by atoms with E-state index in [1.165, 1.54) is 41.1 Å². The summed E-state index contributed by atoms with van der Waals surface area (Å²) in [6.07, 6.45) is 0.511. The molecule has 0 fully saturated rings. The molecule has 31 heavy (non-hydrogen) atoms. The molecule has 0 atom stereocenters. The lowest BCUT2D eigenvalue weighted by Crippen LogP contribution is -2.34. The number of anilines is 1. The molecule has 0 unspecified atom stereocenters. The van der Waals surface area contributed by atoms with Gasteiger partial charge in [0, 0.05) is 45.1 Å². The number of likely N-dealkylation sites (N-methyl/N-ethyl adjacent to an activating group) is 2. The van der Waals surface area contributed by atoms with Gasteiger partial charge in [-0.05, 0) is 48.4 Å². The van der Waals surface area contributed by atoms with Crippen molar-refractivity contribution < 1.29 is 17.5 Å². The molecule has 0 spiro atoms. The van der Waals surface area contributed by atoms with Crippen LogP contribution in [0.5, 0.6) is 5.75 Å². The van der Waals surface area contributed by atoms with Crippen LogP contribution in [0.15, 0.2) is 47.4 Å². The van der Waals surface area contributed by atoms with E-state index >= 15 is 0 Å². The highest BCUT2D eigenvalue weighted by Gasteiger charge is 2.21. The predicted molar refractivity (Wildman–Crippen MR) is 120 cm³/mol. The van der Waals surface area contributed by atoms with Gasteiger partial charge in [-0.3, -0.25) is 0 Å². The highest BCUT2D eigenvalue weighted by atomic mass is 32.2. The molecule has 3 rings (SSSR count). The van der Waals surface area contributed by atoms with Crippen LogP contribution < -0.4 is 9.64 Å². The maximum Gasteiger partial charge on any atom is 0.242 e. The van der Waals surface area contributed by atoms with E-state index in [1.54, 1.807) is 38.2 Å². The molecule has 0 aliphatic carbocycles. The van der Waals surface area contributed by atoms with Gasteiger partial charge in [0.05, 0.1) is 12.0 Å². The number of hydrogen-bond donors (Lipinski definition) is 0. The zero-order valence-corrected chi connectivity index (χ0v) is 19.5. The first kappa shape index (κ1) is 23.1. The summed E-state index contributed by atoms with van der Waals surface area (Å²) in [5.74, 6) is 1.02. The summed E-state index contributed by atoms with van der Waals surface area (Å²) < 4.78 is 49.7. The van der Waals surface area contributed by atoms with Crippen molar-refractivity contribution in [2.24, 2.45) is 0 Å². The highest BCUT2D eigenvalue weighted by molar-refractivity contribution is 7.89. The van der Waals surface area contributed by atoms with Crippen molar-refractivity contribution in [1.29, 1.82) is 0 Å². The van der Waals surface area contributed by atoms with Gasteiger partial charge in [0.25, 0.3) is 0 Å². The van der Waals surface area contributed by atoms with E-state index < -0.39 is 10.0 Å². The maximum atomic E-state index is 13.4. The Morgan fingerprint density at radius 3 is 2.45 bits per heavy atom. The monoisotopic (exact) mass is 464 g/mol. The van der Waals surface area contributed by atoms with Crippen molar-refractivity contribution in [2.75, 3.05) is 39.2 Å². The first-order chi connectivity index (χ1) is 14.7. The fourth-order valence-corrected chi connectivity index (χ4v) is 4.74. The van der Waals surface area contributed by atoms with Crippen LogP contribution in [0.1, 0.15) is 17.0 Å². The molecule has 1 aromatic heterocycles. The van der Waals surface area contributed by atoms with Crippen LogP contribution in [-0.4, -0.2) is 56.4 Å². The number of methoxy groups -OCH3 is 1. The minimum absolute atomic E-state index is 0.214. The minimum atomic E-state index is -3.60. The van der Waals surface area contributed by atoms with Gasteiger partial charge in [-0.25, -0.2) is 17.8 Å². The molecule has 7 nitrogen and oxygen atoms in total. The number of sulfonamides is 1. The number of aryl methyl sites for hydroxylation is 1. The number of halogens is 1. The summed E-state index contributed by atoms with van der Waals surface area (Å²) in [6, 6.07) is 11.3. The van der Waals surface area contributed by atoms with Crippen LogP contribution in [0.4, 0.5) is 9.52 Å². The second kappa shape index (κ2) is 9.71. The number of aromatic nitrogens is 2. The summed E-state index contributed by atoms with van der Waals surface area (Å²) in [6.45, 7) is 2.47. The standard InChI is InChI=1S/C21H25FN4O3S2/c1-15-13-16(5-10-19(15)22)14-20-23-21(30-24-20)25(2)11-12-26(3)31(27,28)18-8-6-17(29-4)7-9-18/h5-10,13H,11-12,14H2,1-4H3. The van der Waals surface area contributed by atoms with E-state index in [4.69, 9.17) is 4.74 Å². The molecule has 0 bridgehead atoms. The van der Waals surface area contributed by atoms with Gasteiger partial charge in [-0.2, -0.15) is 8.68 Å². The van der Waals surface area contributed by atoms with Crippen molar-refractivity contribution in [1.82, 2.24) is 13.7 Å². The van der Waals surface area contributed by atoms with Gasteiger partial charge in [0.2, 0.25) is 15.2 Å². The van der Waals surface area contributed by atoms with E-state index in [1.807, 2.05) is 11.9 Å². The Morgan fingerprint density at radius 2 is 1.81 bits per heavy atom. The van der Waals surface area contributed by atoms with E-state index in [-0.39, 0.29) is 17.3 Å². The minimum Gasteiger partial charge on any atom is -0.497 e. The third-order valence-corrected chi connectivity index (χ3v) is 7.63. The van der Waals surface area contributed by atoms with E-state index in [0.29, 0.717) is 35.2 Å². The maximum absolute atomic E-state index is 13.4. The topological polar surface area (TPSA) is 75.6 Å². The van der Waals surface area contributed by atoms with Gasteiger partial charge in [0.1, 0.15) is 17.4 Å². The normalized spacial score (nSPS) is 11.7. The van der Waals surface area contributed by atoms with E-state index in [2.05, 4.69) is 9.36 Å². The number of hydrogen-bond acceptors (Lipinski definition) is 7. The molecule has 0 amide bonds. The zero-order chi connectivity index (χ0) is 22.6. The van der Waals surface area contributed by atoms with Crippen LogP contribution in [0.25, 0.3) is 0 Å². The fourth-order valence-electron chi connectivity index (χ4n) is 2.91. The van der Waals surface area contributed by atoms with Crippen LogP contribution in [-0.2, 0) is 16.4 Å². The smallest absolute Gasteiger partial charge is 0.242 e. The Hall–Kier alpha value is -2.56. The Labute approximate surface area is 186 Å². The number of ether oxygens (including phenoxy) is 1. The van der Waals surface area contributed by atoms with Crippen molar-refractivity contribution in [3.8, 4) is 5.75 Å². The molecule has 166 valence electrons. The summed E-state index contributed by atoms with van der Waals surface area (Å²) >= 11 is 1.25. The molecule has 2 aromatic carbocycles. The Kier molecular flexibility index (Phi) is 7.24. The predicted octanol–water partition coefficient (Wildman–Crippen LogP) is 3.34. The van der Waals surface area contributed by atoms with Crippen molar-refractivity contribution in [3.63, 3.8) is 0 Å². The highest BCUT2D eigenvalue weighted by Crippen LogP contribution is 2.21. The third kappa shape index (κ3) is 5.57. The third-order valence-electron chi connectivity index (χ3n) is 4.89. The van der Waals surface area contributed by atoms with Crippen LogP contribution in [0.2, 0.25) is 0 Å². The molecular weight excluding hydrogens is 439 g/mol. The SMILES string of the molecule is COc1ccc(S(=O)(=O)N(C)CCN(C)c2nc(Cc3ccc(F)c(C)c3)ns2)cc1. The van der Waals surface area contributed by atoms with Crippen LogP contribution in [0, 0.1) is 12.7 Å². The van der Waals surface area contributed by atoms with Crippen molar-refractivity contribution in [2.45, 2.75) is 18.2 Å². The molecule has 3 aromatic rings. The van der Waals surface area contributed by atoms with Gasteiger partial charge in [-0.15, -0.1) is 0 Å². The molecule has 0 radical (unpaired) electrons. The quantitative estimate of drug-likeness (QED) is 0.484. The molecule has 0 aliphatic heterocycles. The largest absolute Gasteiger partial charge is 0.497 e. The first-order valence-corrected chi connectivity index (χ1v) is 11.8. The average Bonchev–Trinajstić information content (AvgIpc) is 3.23. The molecule has 0 saturated heterocycles. The lowest BCUT2D eigenvalue weighted by Gasteiger charge is -2.21. The number of benzene rings is 2. The van der Waals surface area contributed by atoms with Crippen molar-refractivity contribution in [3.05, 3.63) is 65.2 Å². The molecular formula is C21H25FN4O3S2. The lowest BCUT2D eigenvalue weighted by atomic mass is 10.1.